The average Bonchev–Trinajstić information content (AvgIpc) is 2.25. The van der Waals surface area contributed by atoms with Crippen LogP contribution in [0.2, 0.25) is 0 Å². The molecule has 0 unspecified atom stereocenters. The molecule has 3 heteroatoms. The van der Waals surface area contributed by atoms with Crippen molar-refractivity contribution < 1.29 is 5.11 Å². The Bertz CT molecular complexity index is 333. The zero-order valence-corrected chi connectivity index (χ0v) is 8.73. The van der Waals surface area contributed by atoms with Gasteiger partial charge in [-0.25, -0.2) is 0 Å². The molecule has 3 nitrogen and oxygen atoms in total. The Morgan fingerprint density at radius 2 is 2.13 bits per heavy atom. The molecule has 0 saturated heterocycles. The summed E-state index contributed by atoms with van der Waals surface area (Å²) in [5.74, 6) is -0.574. The molecule has 0 spiro atoms. The fourth-order valence-corrected chi connectivity index (χ4v) is 1.26. The molecule has 80 valence electrons. The summed E-state index contributed by atoms with van der Waals surface area (Å²) in [6.07, 6.45) is 4.41. The van der Waals surface area contributed by atoms with E-state index in [0.29, 0.717) is 6.42 Å². The lowest BCUT2D eigenvalue weighted by Gasteiger charge is -2.18. The van der Waals surface area contributed by atoms with Crippen LogP contribution in [0.1, 0.15) is 12.0 Å². The predicted octanol–water partition coefficient (Wildman–Crippen LogP) is 1.02. The first-order chi connectivity index (χ1) is 7.24. The second kappa shape index (κ2) is 5.98. The molecule has 0 saturated carbocycles. The monoisotopic (exact) mass is 203 g/mol. The lowest BCUT2D eigenvalue weighted by Crippen LogP contribution is -2.40. The van der Waals surface area contributed by atoms with Gasteiger partial charge in [-0.1, -0.05) is 42.5 Å². The molecular formula is C12H15N2O-. The molecule has 0 aliphatic rings. The van der Waals surface area contributed by atoms with Gasteiger partial charge in [0.25, 0.3) is 0 Å². The van der Waals surface area contributed by atoms with E-state index in [-0.39, 0.29) is 0 Å². The zero-order chi connectivity index (χ0) is 11.1. The van der Waals surface area contributed by atoms with Crippen LogP contribution in [0.25, 0.3) is 6.08 Å². The van der Waals surface area contributed by atoms with Crippen molar-refractivity contribution >= 4 is 12.0 Å². The Kier molecular flexibility index (Phi) is 4.57. The van der Waals surface area contributed by atoms with Crippen molar-refractivity contribution in [3.63, 3.8) is 0 Å². The summed E-state index contributed by atoms with van der Waals surface area (Å²) in [4.78, 5) is 0. The summed E-state index contributed by atoms with van der Waals surface area (Å²) in [7, 11) is 1.69. The van der Waals surface area contributed by atoms with Crippen LogP contribution in [-0.4, -0.2) is 19.0 Å². The topological polar surface area (TPSA) is 58.9 Å². The molecule has 15 heavy (non-hydrogen) atoms. The molecule has 1 aromatic rings. The van der Waals surface area contributed by atoms with Gasteiger partial charge in [-0.3, -0.25) is 0 Å². The minimum absolute atomic E-state index is 0.398. The smallest absolute Gasteiger partial charge is 0.0377 e. The normalized spacial score (nSPS) is 12.9. The Morgan fingerprint density at radius 3 is 2.67 bits per heavy atom. The number of hydrogen-bond acceptors (Lipinski definition) is 3. The third kappa shape index (κ3) is 3.95. The lowest BCUT2D eigenvalue weighted by molar-refractivity contribution is -0.222. The van der Waals surface area contributed by atoms with Crippen molar-refractivity contribution in [3.8, 4) is 0 Å². The Balaban J connectivity index is 2.49. The maximum absolute atomic E-state index is 10.8. The van der Waals surface area contributed by atoms with E-state index in [9.17, 15) is 5.11 Å². The summed E-state index contributed by atoms with van der Waals surface area (Å²) in [5, 5.41) is 20.6. The van der Waals surface area contributed by atoms with Crippen molar-refractivity contribution in [1.29, 1.82) is 5.41 Å². The fraction of sp³-hybridized carbons (Fsp3) is 0.250. The van der Waals surface area contributed by atoms with Crippen LogP contribution < -0.4 is 10.4 Å². The van der Waals surface area contributed by atoms with Crippen LogP contribution in [-0.2, 0) is 0 Å². The highest BCUT2D eigenvalue weighted by atomic mass is 16.3. The largest absolute Gasteiger partial charge is 0.861 e. The number of likely N-dealkylation sites (N-methyl/N-ethyl adjacent to an activating group) is 1. The highest BCUT2D eigenvalue weighted by molar-refractivity contribution is 5.74. The lowest BCUT2D eigenvalue weighted by atomic mass is 10.1. The Hall–Kier alpha value is -1.61. The summed E-state index contributed by atoms with van der Waals surface area (Å²) in [5.41, 5.74) is 1.10. The molecule has 2 N–H and O–H groups in total. The van der Waals surface area contributed by atoms with E-state index in [2.05, 4.69) is 5.32 Å². The Labute approximate surface area is 90.0 Å². The molecule has 0 amide bonds. The molecule has 0 radical (unpaired) electrons. The van der Waals surface area contributed by atoms with Crippen molar-refractivity contribution in [1.82, 2.24) is 5.32 Å². The second-order valence-electron chi connectivity index (χ2n) is 3.25. The van der Waals surface area contributed by atoms with Crippen molar-refractivity contribution in [2.45, 2.75) is 12.5 Å². The first kappa shape index (κ1) is 11.5. The van der Waals surface area contributed by atoms with E-state index in [1.54, 1.807) is 7.05 Å². The first-order valence-corrected chi connectivity index (χ1v) is 4.88. The number of nitrogens with one attached hydrogen (secondary N) is 2. The van der Waals surface area contributed by atoms with E-state index in [4.69, 9.17) is 5.41 Å². The first-order valence-electron chi connectivity index (χ1n) is 4.88. The van der Waals surface area contributed by atoms with Gasteiger partial charge < -0.3 is 15.8 Å². The van der Waals surface area contributed by atoms with Crippen molar-refractivity contribution in [2.75, 3.05) is 7.05 Å². The van der Waals surface area contributed by atoms with Gasteiger partial charge in [0, 0.05) is 6.04 Å². The maximum atomic E-state index is 10.8. The van der Waals surface area contributed by atoms with E-state index in [1.807, 2.05) is 42.5 Å². The molecular weight excluding hydrogens is 188 g/mol. The molecule has 0 heterocycles. The molecule has 0 aliphatic carbocycles. The minimum atomic E-state index is -0.574. The van der Waals surface area contributed by atoms with Gasteiger partial charge in [0.15, 0.2) is 0 Å². The van der Waals surface area contributed by atoms with Gasteiger partial charge in [0.05, 0.1) is 0 Å². The number of hydrogen-bond donors (Lipinski definition) is 2. The molecule has 1 rings (SSSR count). The Morgan fingerprint density at radius 1 is 1.47 bits per heavy atom. The van der Waals surface area contributed by atoms with Gasteiger partial charge in [-0.15, -0.1) is 0 Å². The van der Waals surface area contributed by atoms with Gasteiger partial charge in [-0.05, 0) is 24.9 Å². The van der Waals surface area contributed by atoms with Gasteiger partial charge in [0.1, 0.15) is 0 Å². The number of benzene rings is 1. The summed E-state index contributed by atoms with van der Waals surface area (Å²) >= 11 is 0. The van der Waals surface area contributed by atoms with E-state index in [1.165, 1.54) is 0 Å². The average molecular weight is 203 g/mol. The van der Waals surface area contributed by atoms with Gasteiger partial charge in [0.2, 0.25) is 0 Å². The van der Waals surface area contributed by atoms with Crippen LogP contribution in [0.15, 0.2) is 36.4 Å². The van der Waals surface area contributed by atoms with E-state index < -0.39 is 11.9 Å². The summed E-state index contributed by atoms with van der Waals surface area (Å²) in [6, 6.07) is 9.47. The molecule has 0 aliphatic heterocycles. The quantitative estimate of drug-likeness (QED) is 0.554. The molecule has 0 bridgehead atoms. The summed E-state index contributed by atoms with van der Waals surface area (Å²) < 4.78 is 0. The predicted molar refractivity (Wildman–Crippen MR) is 60.7 cm³/mol. The number of rotatable bonds is 5. The molecule has 1 atom stereocenters. The molecule has 1 aromatic carbocycles. The van der Waals surface area contributed by atoms with Crippen LogP contribution in [0, 0.1) is 5.41 Å². The standard InChI is InChI=1S/C12H16N2O/c1-14-11(12(13)15)9-5-8-10-6-3-2-4-7-10/h2-8,11,14H,9H2,1H3,(H2,13,15)/p-1/b8-5+/t11-/m0/s1. The zero-order valence-electron chi connectivity index (χ0n) is 8.73. The van der Waals surface area contributed by atoms with Crippen LogP contribution in [0.5, 0.6) is 0 Å². The van der Waals surface area contributed by atoms with Crippen LogP contribution >= 0.6 is 0 Å². The maximum Gasteiger partial charge on any atom is 0.0377 e. The molecule has 0 aromatic heterocycles. The van der Waals surface area contributed by atoms with Crippen molar-refractivity contribution in [3.05, 3.63) is 42.0 Å². The van der Waals surface area contributed by atoms with Gasteiger partial charge >= 0.3 is 0 Å². The SMILES string of the molecule is CN[C@@H](C/C=C/c1ccccc1)C(=N)[O-]. The second-order valence-corrected chi connectivity index (χ2v) is 3.25. The van der Waals surface area contributed by atoms with E-state index in [0.717, 1.165) is 5.56 Å². The third-order valence-corrected chi connectivity index (χ3v) is 2.15. The van der Waals surface area contributed by atoms with Crippen LogP contribution in [0.3, 0.4) is 0 Å². The highest BCUT2D eigenvalue weighted by Gasteiger charge is 2.00. The van der Waals surface area contributed by atoms with Crippen LogP contribution in [0.4, 0.5) is 0 Å². The molecule has 0 fully saturated rings. The minimum Gasteiger partial charge on any atom is -0.861 e. The van der Waals surface area contributed by atoms with E-state index >= 15 is 0 Å². The van der Waals surface area contributed by atoms with Crippen molar-refractivity contribution in [2.24, 2.45) is 0 Å². The third-order valence-electron chi connectivity index (χ3n) is 2.15. The summed E-state index contributed by atoms with van der Waals surface area (Å²) in [6.45, 7) is 0. The van der Waals surface area contributed by atoms with Gasteiger partial charge in [-0.2, -0.15) is 0 Å². The fourth-order valence-electron chi connectivity index (χ4n) is 1.26. The highest BCUT2D eigenvalue weighted by Crippen LogP contribution is 2.03.